The summed E-state index contributed by atoms with van der Waals surface area (Å²) in [5.74, 6) is 0. The molecule has 76 valence electrons. The van der Waals surface area contributed by atoms with E-state index < -0.39 is 6.10 Å². The van der Waals surface area contributed by atoms with Crippen LogP contribution in [-0.2, 0) is 4.79 Å². The van der Waals surface area contributed by atoms with Crippen LogP contribution in [0.5, 0.6) is 0 Å². The molecular formula is C11H15NO2. The summed E-state index contributed by atoms with van der Waals surface area (Å²) < 4.78 is 0. The minimum absolute atomic E-state index is 0.456. The second-order valence-electron chi connectivity index (χ2n) is 3.26. The molecule has 0 aliphatic carbocycles. The third-order valence-electron chi connectivity index (χ3n) is 2.25. The van der Waals surface area contributed by atoms with Crippen LogP contribution in [0.4, 0.5) is 5.69 Å². The molecule has 0 heterocycles. The summed E-state index contributed by atoms with van der Waals surface area (Å²) in [4.78, 5) is 10.3. The molecule has 1 aromatic carbocycles. The van der Waals surface area contributed by atoms with Gasteiger partial charge in [-0.2, -0.15) is 0 Å². The van der Waals surface area contributed by atoms with Crippen molar-refractivity contribution in [3.8, 4) is 0 Å². The zero-order valence-corrected chi connectivity index (χ0v) is 8.45. The van der Waals surface area contributed by atoms with Gasteiger partial charge in [-0.15, -0.1) is 0 Å². The fourth-order valence-corrected chi connectivity index (χ4v) is 1.30. The van der Waals surface area contributed by atoms with Crippen LogP contribution in [0.25, 0.3) is 0 Å². The molecule has 0 bridgehead atoms. The SMILES string of the molecule is CCC(O)c1ccc(C)c(NC=O)c1. The molecule has 1 amide bonds. The highest BCUT2D eigenvalue weighted by Gasteiger charge is 2.06. The number of amides is 1. The third-order valence-corrected chi connectivity index (χ3v) is 2.25. The average molecular weight is 193 g/mol. The van der Waals surface area contributed by atoms with Crippen molar-refractivity contribution in [2.75, 3.05) is 5.32 Å². The van der Waals surface area contributed by atoms with E-state index in [1.165, 1.54) is 0 Å². The van der Waals surface area contributed by atoms with Crippen molar-refractivity contribution >= 4 is 12.1 Å². The minimum Gasteiger partial charge on any atom is -0.388 e. The van der Waals surface area contributed by atoms with E-state index in [-0.39, 0.29) is 0 Å². The molecule has 3 heteroatoms. The first-order valence-electron chi connectivity index (χ1n) is 4.67. The summed E-state index contributed by atoms with van der Waals surface area (Å²) >= 11 is 0. The van der Waals surface area contributed by atoms with Gasteiger partial charge in [0, 0.05) is 5.69 Å². The lowest BCUT2D eigenvalue weighted by Crippen LogP contribution is -2.00. The zero-order chi connectivity index (χ0) is 10.6. The summed E-state index contributed by atoms with van der Waals surface area (Å²) in [7, 11) is 0. The maximum atomic E-state index is 10.3. The van der Waals surface area contributed by atoms with Crippen LogP contribution in [-0.4, -0.2) is 11.5 Å². The number of benzene rings is 1. The molecular weight excluding hydrogens is 178 g/mol. The highest BCUT2D eigenvalue weighted by molar-refractivity contribution is 5.73. The van der Waals surface area contributed by atoms with Crippen LogP contribution < -0.4 is 5.32 Å². The molecule has 1 unspecified atom stereocenters. The fraction of sp³-hybridized carbons (Fsp3) is 0.364. The van der Waals surface area contributed by atoms with Crippen LogP contribution >= 0.6 is 0 Å². The largest absolute Gasteiger partial charge is 0.388 e. The number of hydrogen-bond acceptors (Lipinski definition) is 2. The van der Waals surface area contributed by atoms with Gasteiger partial charge in [-0.25, -0.2) is 0 Å². The monoisotopic (exact) mass is 193 g/mol. The normalized spacial score (nSPS) is 12.2. The van der Waals surface area contributed by atoms with Gasteiger partial charge in [0.05, 0.1) is 6.10 Å². The first kappa shape index (κ1) is 10.7. The summed E-state index contributed by atoms with van der Waals surface area (Å²) in [6.07, 6.45) is 0.858. The van der Waals surface area contributed by atoms with E-state index >= 15 is 0 Å². The first-order valence-corrected chi connectivity index (χ1v) is 4.67. The van der Waals surface area contributed by atoms with Gasteiger partial charge >= 0.3 is 0 Å². The van der Waals surface area contributed by atoms with Gasteiger partial charge in [-0.1, -0.05) is 19.1 Å². The van der Waals surface area contributed by atoms with Crippen molar-refractivity contribution in [1.82, 2.24) is 0 Å². The van der Waals surface area contributed by atoms with E-state index in [9.17, 15) is 9.90 Å². The predicted octanol–water partition coefficient (Wildman–Crippen LogP) is 2.01. The summed E-state index contributed by atoms with van der Waals surface area (Å²) in [6.45, 7) is 3.82. The van der Waals surface area contributed by atoms with Crippen LogP contribution in [0.15, 0.2) is 18.2 Å². The summed E-state index contributed by atoms with van der Waals surface area (Å²) in [5.41, 5.74) is 2.58. The van der Waals surface area contributed by atoms with Gasteiger partial charge in [-0.05, 0) is 30.5 Å². The molecule has 1 rings (SSSR count). The summed E-state index contributed by atoms with van der Waals surface area (Å²) in [5, 5.41) is 12.2. The minimum atomic E-state index is -0.456. The second kappa shape index (κ2) is 4.77. The molecule has 0 radical (unpaired) electrons. The highest BCUT2D eigenvalue weighted by Crippen LogP contribution is 2.22. The third kappa shape index (κ3) is 2.33. The van der Waals surface area contributed by atoms with E-state index in [1.807, 2.05) is 26.0 Å². The number of carbonyl (C=O) groups is 1. The van der Waals surface area contributed by atoms with E-state index in [1.54, 1.807) is 6.07 Å². The van der Waals surface area contributed by atoms with E-state index in [0.717, 1.165) is 16.8 Å². The lowest BCUT2D eigenvalue weighted by molar-refractivity contribution is -0.105. The fourth-order valence-electron chi connectivity index (χ4n) is 1.30. The maximum Gasteiger partial charge on any atom is 0.211 e. The number of aliphatic hydroxyl groups excluding tert-OH is 1. The van der Waals surface area contributed by atoms with Gasteiger partial charge in [0.15, 0.2) is 0 Å². The Morgan fingerprint density at radius 1 is 1.57 bits per heavy atom. The molecule has 1 atom stereocenters. The van der Waals surface area contributed by atoms with Crippen molar-refractivity contribution in [2.24, 2.45) is 0 Å². The molecule has 0 fully saturated rings. The highest BCUT2D eigenvalue weighted by atomic mass is 16.3. The lowest BCUT2D eigenvalue weighted by Gasteiger charge is -2.11. The van der Waals surface area contributed by atoms with Crippen molar-refractivity contribution in [1.29, 1.82) is 0 Å². The van der Waals surface area contributed by atoms with Crippen molar-refractivity contribution in [3.05, 3.63) is 29.3 Å². The molecule has 0 aliphatic heterocycles. The molecule has 2 N–H and O–H groups in total. The molecule has 0 aliphatic rings. The Morgan fingerprint density at radius 2 is 2.29 bits per heavy atom. The average Bonchev–Trinajstić information content (AvgIpc) is 2.20. The van der Waals surface area contributed by atoms with E-state index in [4.69, 9.17) is 0 Å². The van der Waals surface area contributed by atoms with Gasteiger partial charge in [0.1, 0.15) is 0 Å². The molecule has 0 saturated heterocycles. The predicted molar refractivity (Wildman–Crippen MR) is 56.1 cm³/mol. The van der Waals surface area contributed by atoms with Gasteiger partial charge in [-0.3, -0.25) is 4.79 Å². The van der Waals surface area contributed by atoms with Gasteiger partial charge in [0.25, 0.3) is 0 Å². The molecule has 0 spiro atoms. The topological polar surface area (TPSA) is 49.3 Å². The van der Waals surface area contributed by atoms with Crippen molar-refractivity contribution in [3.63, 3.8) is 0 Å². The first-order chi connectivity index (χ1) is 6.69. The molecule has 0 saturated carbocycles. The molecule has 3 nitrogen and oxygen atoms in total. The Morgan fingerprint density at radius 3 is 2.86 bits per heavy atom. The summed E-state index contributed by atoms with van der Waals surface area (Å²) in [6, 6.07) is 5.57. The zero-order valence-electron chi connectivity index (χ0n) is 8.45. The molecule has 1 aromatic rings. The Labute approximate surface area is 83.8 Å². The number of aliphatic hydroxyl groups is 1. The Balaban J connectivity index is 2.99. The lowest BCUT2D eigenvalue weighted by atomic mass is 10.0. The van der Waals surface area contributed by atoms with Gasteiger partial charge < -0.3 is 10.4 Å². The maximum absolute atomic E-state index is 10.3. The number of carbonyl (C=O) groups excluding carboxylic acids is 1. The van der Waals surface area contributed by atoms with Gasteiger partial charge in [0.2, 0.25) is 6.41 Å². The number of hydrogen-bond donors (Lipinski definition) is 2. The number of aryl methyl sites for hydroxylation is 1. The van der Waals surface area contributed by atoms with E-state index in [0.29, 0.717) is 12.8 Å². The van der Waals surface area contributed by atoms with E-state index in [2.05, 4.69) is 5.32 Å². The quantitative estimate of drug-likeness (QED) is 0.718. The molecule has 0 aromatic heterocycles. The van der Waals surface area contributed by atoms with Crippen molar-refractivity contribution in [2.45, 2.75) is 26.4 Å². The Hall–Kier alpha value is -1.35. The number of rotatable bonds is 4. The van der Waals surface area contributed by atoms with Crippen LogP contribution in [0.2, 0.25) is 0 Å². The Bertz CT molecular complexity index is 323. The number of nitrogens with one attached hydrogen (secondary N) is 1. The standard InChI is InChI=1S/C11H15NO2/c1-3-11(14)9-5-4-8(2)10(6-9)12-7-13/h4-7,11,14H,3H2,1-2H3,(H,12,13). The molecule has 14 heavy (non-hydrogen) atoms. The van der Waals surface area contributed by atoms with Crippen LogP contribution in [0.3, 0.4) is 0 Å². The van der Waals surface area contributed by atoms with Crippen molar-refractivity contribution < 1.29 is 9.90 Å². The smallest absolute Gasteiger partial charge is 0.211 e. The van der Waals surface area contributed by atoms with Crippen LogP contribution in [0.1, 0.15) is 30.6 Å². The Kier molecular flexibility index (Phi) is 3.65. The van der Waals surface area contributed by atoms with Crippen LogP contribution in [0, 0.1) is 6.92 Å². The number of anilines is 1. The second-order valence-corrected chi connectivity index (χ2v) is 3.26.